The Morgan fingerprint density at radius 1 is 0.850 bits per heavy atom. The fraction of sp³-hybridized carbons (Fsp3) is 0.333. The van der Waals surface area contributed by atoms with E-state index in [1.165, 1.54) is 11.8 Å². The lowest BCUT2D eigenvalue weighted by Gasteiger charge is -2.13. The third kappa shape index (κ3) is 2.74. The highest BCUT2D eigenvalue weighted by Gasteiger charge is 2.15. The molecule has 1 aromatic carbocycles. The van der Waals surface area contributed by atoms with Crippen LogP contribution in [0.4, 0.5) is 0 Å². The number of methoxy groups -OCH3 is 3. The molecule has 0 aliphatic carbocycles. The number of aromatic nitrogens is 4. The summed E-state index contributed by atoms with van der Waals surface area (Å²) in [4.78, 5) is 0. The van der Waals surface area contributed by atoms with Crippen LogP contribution in [-0.2, 0) is 0 Å². The van der Waals surface area contributed by atoms with E-state index in [1.807, 2.05) is 6.26 Å². The summed E-state index contributed by atoms with van der Waals surface area (Å²) in [6, 6.07) is 3.50. The molecule has 2 aromatic rings. The first-order valence-corrected chi connectivity index (χ1v) is 6.87. The second-order valence-electron chi connectivity index (χ2n) is 3.62. The zero-order valence-corrected chi connectivity index (χ0v) is 12.4. The van der Waals surface area contributed by atoms with E-state index in [1.54, 1.807) is 33.5 Å². The maximum atomic E-state index is 5.28. The van der Waals surface area contributed by atoms with Gasteiger partial charge in [0.1, 0.15) is 0 Å². The summed E-state index contributed by atoms with van der Waals surface area (Å²) >= 11 is 1.38. The SMILES string of the molecule is COc1cc(-c2nnc(SC)nn2)cc(OC)c1OC. The zero-order valence-electron chi connectivity index (χ0n) is 11.6. The maximum absolute atomic E-state index is 5.28. The predicted molar refractivity (Wildman–Crippen MR) is 74.5 cm³/mol. The molecule has 106 valence electrons. The molecule has 0 aliphatic heterocycles. The third-order valence-electron chi connectivity index (χ3n) is 2.57. The minimum Gasteiger partial charge on any atom is -0.493 e. The Morgan fingerprint density at radius 3 is 1.80 bits per heavy atom. The van der Waals surface area contributed by atoms with E-state index in [0.29, 0.717) is 33.8 Å². The Labute approximate surface area is 120 Å². The van der Waals surface area contributed by atoms with Gasteiger partial charge in [-0.05, 0) is 18.4 Å². The summed E-state index contributed by atoms with van der Waals surface area (Å²) in [6.45, 7) is 0. The van der Waals surface area contributed by atoms with E-state index >= 15 is 0 Å². The van der Waals surface area contributed by atoms with Gasteiger partial charge in [-0.3, -0.25) is 0 Å². The standard InChI is InChI=1S/C12H14N4O3S/c1-17-8-5-7(6-9(18-2)10(8)19-3)11-13-15-12(20-4)16-14-11/h5-6H,1-4H3. The summed E-state index contributed by atoms with van der Waals surface area (Å²) in [7, 11) is 4.65. The first-order valence-electron chi connectivity index (χ1n) is 5.65. The van der Waals surface area contributed by atoms with Crippen LogP contribution < -0.4 is 14.2 Å². The number of ether oxygens (including phenoxy) is 3. The van der Waals surface area contributed by atoms with Crippen LogP contribution in [0.3, 0.4) is 0 Å². The molecule has 0 aliphatic rings. The van der Waals surface area contributed by atoms with Gasteiger partial charge in [0.2, 0.25) is 16.7 Å². The van der Waals surface area contributed by atoms with Gasteiger partial charge >= 0.3 is 0 Å². The van der Waals surface area contributed by atoms with Gasteiger partial charge in [-0.25, -0.2) is 0 Å². The number of hydrogen-bond acceptors (Lipinski definition) is 8. The summed E-state index contributed by atoms with van der Waals surface area (Å²) < 4.78 is 15.8. The fourth-order valence-electron chi connectivity index (χ4n) is 1.63. The van der Waals surface area contributed by atoms with Gasteiger partial charge in [0.15, 0.2) is 11.5 Å². The minimum atomic E-state index is 0.391. The second kappa shape index (κ2) is 6.38. The normalized spacial score (nSPS) is 10.2. The van der Waals surface area contributed by atoms with Crippen LogP contribution in [0.5, 0.6) is 17.2 Å². The summed E-state index contributed by atoms with van der Waals surface area (Å²) in [5.74, 6) is 1.96. The number of benzene rings is 1. The Bertz CT molecular complexity index is 567. The van der Waals surface area contributed by atoms with Crippen molar-refractivity contribution in [3.05, 3.63) is 12.1 Å². The Morgan fingerprint density at radius 2 is 1.40 bits per heavy atom. The van der Waals surface area contributed by atoms with Gasteiger partial charge in [0.25, 0.3) is 0 Å². The smallest absolute Gasteiger partial charge is 0.229 e. The molecule has 1 heterocycles. The topological polar surface area (TPSA) is 79.3 Å². The van der Waals surface area contributed by atoms with E-state index < -0.39 is 0 Å². The molecule has 0 saturated carbocycles. The van der Waals surface area contributed by atoms with Crippen molar-refractivity contribution in [2.24, 2.45) is 0 Å². The molecule has 0 spiro atoms. The molecule has 1 aromatic heterocycles. The van der Waals surface area contributed by atoms with Crippen LogP contribution >= 0.6 is 11.8 Å². The number of hydrogen-bond donors (Lipinski definition) is 0. The molecule has 0 bridgehead atoms. The van der Waals surface area contributed by atoms with Gasteiger partial charge in [-0.2, -0.15) is 0 Å². The van der Waals surface area contributed by atoms with Crippen LogP contribution in [0.1, 0.15) is 0 Å². The van der Waals surface area contributed by atoms with Crippen molar-refractivity contribution in [1.29, 1.82) is 0 Å². The van der Waals surface area contributed by atoms with Crippen molar-refractivity contribution < 1.29 is 14.2 Å². The van der Waals surface area contributed by atoms with Gasteiger partial charge in [0.05, 0.1) is 21.3 Å². The average Bonchev–Trinajstić information content (AvgIpc) is 2.53. The van der Waals surface area contributed by atoms with Gasteiger partial charge in [-0.15, -0.1) is 20.4 Å². The number of thioether (sulfide) groups is 1. The Hall–Kier alpha value is -2.09. The van der Waals surface area contributed by atoms with Crippen molar-refractivity contribution in [2.75, 3.05) is 27.6 Å². The highest BCUT2D eigenvalue weighted by Crippen LogP contribution is 2.40. The van der Waals surface area contributed by atoms with Crippen LogP contribution in [-0.4, -0.2) is 48.0 Å². The van der Waals surface area contributed by atoms with Gasteiger partial charge in [0, 0.05) is 5.56 Å². The Balaban J connectivity index is 2.50. The molecule has 0 radical (unpaired) electrons. The summed E-state index contributed by atoms with van der Waals surface area (Å²) in [5, 5.41) is 16.5. The molecular weight excluding hydrogens is 280 g/mol. The van der Waals surface area contributed by atoms with Crippen molar-refractivity contribution >= 4 is 11.8 Å². The lowest BCUT2D eigenvalue weighted by atomic mass is 10.1. The van der Waals surface area contributed by atoms with Crippen molar-refractivity contribution in [2.45, 2.75) is 5.16 Å². The fourth-order valence-corrected chi connectivity index (χ4v) is 1.87. The summed E-state index contributed by atoms with van der Waals surface area (Å²) in [6.07, 6.45) is 1.86. The molecule has 2 rings (SSSR count). The molecule has 7 nitrogen and oxygen atoms in total. The van der Waals surface area contributed by atoms with Crippen molar-refractivity contribution in [3.8, 4) is 28.6 Å². The minimum absolute atomic E-state index is 0.391. The summed E-state index contributed by atoms with van der Waals surface area (Å²) in [5.41, 5.74) is 0.687. The van der Waals surface area contributed by atoms with Crippen molar-refractivity contribution in [3.63, 3.8) is 0 Å². The molecule has 0 amide bonds. The molecule has 20 heavy (non-hydrogen) atoms. The third-order valence-corrected chi connectivity index (χ3v) is 3.09. The molecule has 8 heteroatoms. The van der Waals surface area contributed by atoms with Gasteiger partial charge in [-0.1, -0.05) is 11.8 Å². The zero-order chi connectivity index (χ0) is 14.5. The van der Waals surface area contributed by atoms with E-state index in [0.717, 1.165) is 0 Å². The highest BCUT2D eigenvalue weighted by atomic mass is 32.2. The van der Waals surface area contributed by atoms with Crippen molar-refractivity contribution in [1.82, 2.24) is 20.4 Å². The largest absolute Gasteiger partial charge is 0.493 e. The van der Waals surface area contributed by atoms with Crippen LogP contribution in [0.2, 0.25) is 0 Å². The van der Waals surface area contributed by atoms with E-state index in [4.69, 9.17) is 14.2 Å². The maximum Gasteiger partial charge on any atom is 0.229 e. The average molecular weight is 294 g/mol. The molecule has 0 atom stereocenters. The molecule has 0 fully saturated rings. The molecule has 0 unspecified atom stereocenters. The Kier molecular flexibility index (Phi) is 4.57. The van der Waals surface area contributed by atoms with E-state index in [2.05, 4.69) is 20.4 Å². The lowest BCUT2D eigenvalue weighted by molar-refractivity contribution is 0.324. The predicted octanol–water partition coefficient (Wildman–Crippen LogP) is 1.68. The van der Waals surface area contributed by atoms with Crippen LogP contribution in [0.15, 0.2) is 17.3 Å². The van der Waals surface area contributed by atoms with Gasteiger partial charge < -0.3 is 14.2 Å². The monoisotopic (exact) mass is 294 g/mol. The first-order chi connectivity index (χ1) is 9.73. The van der Waals surface area contributed by atoms with E-state index in [-0.39, 0.29) is 0 Å². The number of rotatable bonds is 5. The molecule has 0 N–H and O–H groups in total. The first kappa shape index (κ1) is 14.3. The molecular formula is C12H14N4O3S. The highest BCUT2D eigenvalue weighted by molar-refractivity contribution is 7.98. The number of nitrogens with zero attached hydrogens (tertiary/aromatic N) is 4. The quantitative estimate of drug-likeness (QED) is 0.771. The lowest BCUT2D eigenvalue weighted by Crippen LogP contribution is -2.00. The van der Waals surface area contributed by atoms with Crippen LogP contribution in [0.25, 0.3) is 11.4 Å². The van der Waals surface area contributed by atoms with Crippen LogP contribution in [0, 0.1) is 0 Å². The second-order valence-corrected chi connectivity index (χ2v) is 4.40. The molecule has 0 saturated heterocycles. The van der Waals surface area contributed by atoms with E-state index in [9.17, 15) is 0 Å².